The minimum absolute atomic E-state index is 0.0744. The predicted molar refractivity (Wildman–Crippen MR) is 148 cm³/mol. The van der Waals surface area contributed by atoms with E-state index in [-0.39, 0.29) is 11.3 Å². The van der Waals surface area contributed by atoms with Crippen molar-refractivity contribution < 1.29 is 28.9 Å². The Balaban J connectivity index is 1.69. The molecule has 0 spiro atoms. The van der Waals surface area contributed by atoms with Crippen molar-refractivity contribution in [3.05, 3.63) is 63.6 Å². The molecule has 2 saturated heterocycles. The summed E-state index contributed by atoms with van der Waals surface area (Å²) in [6.07, 6.45) is 2.62. The number of carbonyl (C=O) groups is 2. The molecule has 0 aromatic heterocycles. The molecule has 1 amide bonds. The lowest BCUT2D eigenvalue weighted by molar-refractivity contribution is -0.140. The second kappa shape index (κ2) is 13.3. The summed E-state index contributed by atoms with van der Waals surface area (Å²) in [7, 11) is 1.56. The quantitative estimate of drug-likeness (QED) is 0.175. The Labute approximate surface area is 232 Å². The van der Waals surface area contributed by atoms with Gasteiger partial charge in [-0.2, -0.15) is 0 Å². The molecule has 2 fully saturated rings. The summed E-state index contributed by atoms with van der Waals surface area (Å²) < 4.78 is 17.8. The Morgan fingerprint density at radius 2 is 1.79 bits per heavy atom. The zero-order valence-electron chi connectivity index (χ0n) is 22.0. The van der Waals surface area contributed by atoms with Crippen molar-refractivity contribution in [2.45, 2.75) is 32.2 Å². The van der Waals surface area contributed by atoms with Gasteiger partial charge in [-0.25, -0.2) is 0 Å². The van der Waals surface area contributed by atoms with Gasteiger partial charge < -0.3 is 24.2 Å². The van der Waals surface area contributed by atoms with E-state index in [1.807, 2.05) is 6.07 Å². The van der Waals surface area contributed by atoms with E-state index in [1.54, 1.807) is 48.4 Å². The number of rotatable bonds is 11. The lowest BCUT2D eigenvalue weighted by atomic mass is 9.95. The first-order valence-electron chi connectivity index (χ1n) is 13.1. The van der Waals surface area contributed by atoms with Gasteiger partial charge in [-0.3, -0.25) is 14.5 Å². The molecule has 38 heavy (non-hydrogen) atoms. The van der Waals surface area contributed by atoms with Crippen LogP contribution in [0.3, 0.4) is 0 Å². The summed E-state index contributed by atoms with van der Waals surface area (Å²) in [5, 5.41) is 11.3. The monoisotopic (exact) mass is 586 g/mol. The van der Waals surface area contributed by atoms with Gasteiger partial charge in [0.25, 0.3) is 11.7 Å². The number of hydrogen-bond donors (Lipinski definition) is 1. The minimum Gasteiger partial charge on any atom is -0.507 e. The molecule has 8 nitrogen and oxygen atoms in total. The van der Waals surface area contributed by atoms with Crippen molar-refractivity contribution in [1.82, 2.24) is 9.80 Å². The number of benzene rings is 2. The molecular formula is C29H35BrN2O6. The second-order valence-electron chi connectivity index (χ2n) is 9.42. The van der Waals surface area contributed by atoms with E-state index < -0.39 is 17.7 Å². The van der Waals surface area contributed by atoms with Crippen molar-refractivity contribution in [1.29, 1.82) is 0 Å². The number of Topliss-reactive ketones (excluding diaryl/α,β-unsaturated/α-hetero) is 1. The Kier molecular flexibility index (Phi) is 9.82. The van der Waals surface area contributed by atoms with E-state index in [4.69, 9.17) is 14.2 Å². The number of hydrogen-bond acceptors (Lipinski definition) is 7. The maximum atomic E-state index is 13.3. The number of ether oxygens (including phenoxy) is 3. The molecule has 0 bridgehead atoms. The molecular weight excluding hydrogens is 552 g/mol. The maximum absolute atomic E-state index is 13.3. The lowest BCUT2D eigenvalue weighted by Gasteiger charge is -2.29. The predicted octanol–water partition coefficient (Wildman–Crippen LogP) is 4.78. The second-order valence-corrected chi connectivity index (χ2v) is 10.3. The number of nitrogens with zero attached hydrogens (tertiary/aromatic N) is 2. The van der Waals surface area contributed by atoms with Crippen LogP contribution in [0.5, 0.6) is 11.5 Å². The Bertz CT molecular complexity index is 1160. The Hall–Kier alpha value is -2.88. The van der Waals surface area contributed by atoms with Crippen LogP contribution in [-0.2, 0) is 14.3 Å². The molecule has 0 saturated carbocycles. The highest BCUT2D eigenvalue weighted by Gasteiger charge is 2.46. The third-order valence-electron chi connectivity index (χ3n) is 6.89. The number of unbranched alkanes of at least 4 members (excludes halogenated alkanes) is 1. The minimum atomic E-state index is -0.748. The van der Waals surface area contributed by atoms with Gasteiger partial charge in [0.2, 0.25) is 0 Å². The fraction of sp³-hybridized carbons (Fsp3) is 0.448. The van der Waals surface area contributed by atoms with Gasteiger partial charge in [0.15, 0.2) is 11.5 Å². The van der Waals surface area contributed by atoms with E-state index >= 15 is 0 Å². The number of likely N-dealkylation sites (tertiary alicyclic amines) is 1. The molecule has 2 aromatic carbocycles. The number of halogens is 1. The van der Waals surface area contributed by atoms with E-state index in [9.17, 15) is 14.7 Å². The van der Waals surface area contributed by atoms with Crippen molar-refractivity contribution in [3.8, 4) is 11.5 Å². The summed E-state index contributed by atoms with van der Waals surface area (Å²) in [6.45, 7) is 6.92. The molecule has 0 radical (unpaired) electrons. The number of methoxy groups -OCH3 is 1. The molecule has 2 aliphatic rings. The van der Waals surface area contributed by atoms with Crippen LogP contribution in [0, 0.1) is 0 Å². The summed E-state index contributed by atoms with van der Waals surface area (Å²) >= 11 is 3.40. The Morgan fingerprint density at radius 3 is 2.47 bits per heavy atom. The SMILES string of the molecule is CCCCOc1ccc(C2C(=C(O)c3ccc(Br)cc3)C(=O)C(=O)N2CCCN2CCOCC2)cc1OC. The molecule has 4 rings (SSSR count). The van der Waals surface area contributed by atoms with Crippen molar-refractivity contribution >= 4 is 33.4 Å². The third-order valence-corrected chi connectivity index (χ3v) is 7.42. The highest BCUT2D eigenvalue weighted by molar-refractivity contribution is 9.10. The van der Waals surface area contributed by atoms with E-state index in [1.165, 1.54) is 0 Å². The van der Waals surface area contributed by atoms with Gasteiger partial charge >= 0.3 is 0 Å². The van der Waals surface area contributed by atoms with Crippen LogP contribution in [0.2, 0.25) is 0 Å². The van der Waals surface area contributed by atoms with Gasteiger partial charge in [0.1, 0.15) is 5.76 Å². The van der Waals surface area contributed by atoms with Crippen molar-refractivity contribution in [2.24, 2.45) is 0 Å². The van der Waals surface area contributed by atoms with E-state index in [0.717, 1.165) is 36.9 Å². The standard InChI is InChI=1S/C29H35BrN2O6/c1-3-4-16-38-23-11-8-21(19-24(23)36-2)26-25(27(33)20-6-9-22(30)10-7-20)28(34)29(35)32(26)13-5-12-31-14-17-37-18-15-31/h6-11,19,26,33H,3-5,12-18H2,1-2H3. The molecule has 9 heteroatoms. The van der Waals surface area contributed by atoms with Gasteiger partial charge in [-0.05, 0) is 42.7 Å². The first kappa shape index (κ1) is 28.1. The largest absolute Gasteiger partial charge is 0.507 e. The first-order chi connectivity index (χ1) is 18.4. The maximum Gasteiger partial charge on any atom is 0.295 e. The number of aliphatic hydroxyl groups excluding tert-OH is 1. The molecule has 2 aliphatic heterocycles. The van der Waals surface area contributed by atoms with Gasteiger partial charge in [0.05, 0.1) is 38.5 Å². The molecule has 1 unspecified atom stereocenters. The van der Waals surface area contributed by atoms with Crippen LogP contribution in [0.15, 0.2) is 52.5 Å². The molecule has 204 valence electrons. The fourth-order valence-corrected chi connectivity index (χ4v) is 5.07. The zero-order chi connectivity index (χ0) is 27.1. The van der Waals surface area contributed by atoms with Crippen LogP contribution in [-0.4, -0.2) is 79.7 Å². The number of morpholine rings is 1. The third kappa shape index (κ3) is 6.39. The van der Waals surface area contributed by atoms with Gasteiger partial charge in [0, 0.05) is 36.2 Å². The fourth-order valence-electron chi connectivity index (χ4n) is 4.81. The van der Waals surface area contributed by atoms with Crippen molar-refractivity contribution in [2.75, 3.05) is 53.1 Å². The summed E-state index contributed by atoms with van der Waals surface area (Å²) in [4.78, 5) is 30.5. The highest BCUT2D eigenvalue weighted by Crippen LogP contribution is 2.42. The zero-order valence-corrected chi connectivity index (χ0v) is 23.5. The van der Waals surface area contributed by atoms with E-state index in [2.05, 4.69) is 27.8 Å². The first-order valence-corrected chi connectivity index (χ1v) is 13.9. The average molecular weight is 588 g/mol. The molecule has 2 heterocycles. The van der Waals surface area contributed by atoms with Gasteiger partial charge in [-0.15, -0.1) is 0 Å². The smallest absolute Gasteiger partial charge is 0.295 e. The van der Waals surface area contributed by atoms with Crippen LogP contribution in [0.4, 0.5) is 0 Å². The molecule has 1 N–H and O–H groups in total. The number of ketones is 1. The van der Waals surface area contributed by atoms with Crippen LogP contribution in [0.25, 0.3) is 5.76 Å². The lowest BCUT2D eigenvalue weighted by Crippen LogP contribution is -2.39. The van der Waals surface area contributed by atoms with Crippen LogP contribution >= 0.6 is 15.9 Å². The topological polar surface area (TPSA) is 88.5 Å². The van der Waals surface area contributed by atoms with Crippen molar-refractivity contribution in [3.63, 3.8) is 0 Å². The van der Waals surface area contributed by atoms with Crippen LogP contribution in [0.1, 0.15) is 43.4 Å². The van der Waals surface area contributed by atoms with Crippen LogP contribution < -0.4 is 9.47 Å². The van der Waals surface area contributed by atoms with E-state index in [0.29, 0.717) is 55.4 Å². The number of aliphatic hydroxyl groups is 1. The summed E-state index contributed by atoms with van der Waals surface area (Å²) in [6, 6.07) is 11.7. The summed E-state index contributed by atoms with van der Waals surface area (Å²) in [5.41, 5.74) is 1.22. The normalized spacial score (nSPS) is 19.7. The van der Waals surface area contributed by atoms with Gasteiger partial charge in [-0.1, -0.05) is 47.5 Å². The average Bonchev–Trinajstić information content (AvgIpc) is 3.19. The molecule has 2 aromatic rings. The molecule has 1 atom stereocenters. The Morgan fingerprint density at radius 1 is 1.05 bits per heavy atom. The number of amides is 1. The number of carbonyl (C=O) groups excluding carboxylic acids is 2. The summed E-state index contributed by atoms with van der Waals surface area (Å²) in [5.74, 6) is -0.385. The highest BCUT2D eigenvalue weighted by atomic mass is 79.9. The molecule has 0 aliphatic carbocycles.